The summed E-state index contributed by atoms with van der Waals surface area (Å²) in [6.07, 6.45) is -2.65. The zero-order valence-corrected chi connectivity index (χ0v) is 13.3. The van der Waals surface area contributed by atoms with Gasteiger partial charge in [-0.2, -0.15) is 5.26 Å². The van der Waals surface area contributed by atoms with Crippen molar-refractivity contribution in [3.63, 3.8) is 0 Å². The van der Waals surface area contributed by atoms with Crippen molar-refractivity contribution in [3.05, 3.63) is 39.9 Å². The molecule has 1 heterocycles. The highest BCUT2D eigenvalue weighted by atomic mass is 32.2. The summed E-state index contributed by atoms with van der Waals surface area (Å²) < 4.78 is 15.5. The number of carbonyl (C=O) groups excluding carboxylic acids is 1. The fourth-order valence-corrected chi connectivity index (χ4v) is 2.90. The first-order valence-electron chi connectivity index (χ1n) is 6.80. The second kappa shape index (κ2) is 8.07. The molecule has 4 unspecified atom stereocenters. The minimum atomic E-state index is -1.04. The fourth-order valence-electron chi connectivity index (χ4n) is 2.18. The summed E-state index contributed by atoms with van der Waals surface area (Å²) in [4.78, 5) is 21.9. The molecule has 1 aromatic carbocycles. The third kappa shape index (κ3) is 4.01. The van der Waals surface area contributed by atoms with Gasteiger partial charge in [0, 0.05) is 19.2 Å². The van der Waals surface area contributed by atoms with E-state index in [2.05, 4.69) is 0 Å². The number of nitro benzene ring substituents is 1. The number of thioether (sulfide) groups is 1. The van der Waals surface area contributed by atoms with Crippen LogP contribution in [-0.4, -0.2) is 53.5 Å². The first-order chi connectivity index (χ1) is 11.5. The molecule has 1 fully saturated rings. The number of thiocyanates is 1. The summed E-state index contributed by atoms with van der Waals surface area (Å²) in [7, 11) is 1.38. The summed E-state index contributed by atoms with van der Waals surface area (Å²) in [6.45, 7) is -0.237. The van der Waals surface area contributed by atoms with Crippen LogP contribution in [0.3, 0.4) is 0 Å². The van der Waals surface area contributed by atoms with Gasteiger partial charge < -0.3 is 19.3 Å². The quantitative estimate of drug-likeness (QED) is 0.345. The predicted molar refractivity (Wildman–Crippen MR) is 82.0 cm³/mol. The van der Waals surface area contributed by atoms with E-state index in [9.17, 15) is 20.0 Å². The molecule has 0 amide bonds. The Kier molecular flexibility index (Phi) is 6.10. The Bertz CT molecular complexity index is 646. The number of aliphatic hydroxyl groups is 1. The number of esters is 1. The van der Waals surface area contributed by atoms with E-state index in [4.69, 9.17) is 19.5 Å². The second-order valence-electron chi connectivity index (χ2n) is 4.85. The van der Waals surface area contributed by atoms with Gasteiger partial charge in [-0.15, -0.1) is 0 Å². The van der Waals surface area contributed by atoms with Crippen molar-refractivity contribution in [1.29, 1.82) is 5.26 Å². The van der Waals surface area contributed by atoms with E-state index in [0.29, 0.717) is 0 Å². The number of methoxy groups -OCH3 is 1. The van der Waals surface area contributed by atoms with Crippen LogP contribution < -0.4 is 0 Å². The molecule has 0 bridgehead atoms. The lowest BCUT2D eigenvalue weighted by Crippen LogP contribution is -2.33. The summed E-state index contributed by atoms with van der Waals surface area (Å²) >= 11 is 0.820. The van der Waals surface area contributed by atoms with Crippen LogP contribution in [0.2, 0.25) is 0 Å². The Balaban J connectivity index is 1.94. The van der Waals surface area contributed by atoms with Crippen molar-refractivity contribution in [2.75, 3.05) is 13.7 Å². The molecule has 10 heteroatoms. The van der Waals surface area contributed by atoms with E-state index in [1.54, 1.807) is 0 Å². The number of nitrogens with zero attached hydrogens (tertiary/aromatic N) is 2. The first-order valence-corrected chi connectivity index (χ1v) is 7.68. The summed E-state index contributed by atoms with van der Waals surface area (Å²) in [5, 5.41) is 30.7. The number of hydrogen-bond acceptors (Lipinski definition) is 9. The third-order valence-electron chi connectivity index (χ3n) is 3.41. The number of aliphatic hydroxyl groups excluding tert-OH is 1. The Labute approximate surface area is 141 Å². The van der Waals surface area contributed by atoms with Crippen LogP contribution in [0, 0.1) is 20.8 Å². The van der Waals surface area contributed by atoms with Crippen LogP contribution >= 0.6 is 11.8 Å². The van der Waals surface area contributed by atoms with E-state index < -0.39 is 34.6 Å². The lowest BCUT2D eigenvalue weighted by molar-refractivity contribution is -0.384. The van der Waals surface area contributed by atoms with Crippen molar-refractivity contribution in [2.24, 2.45) is 0 Å². The highest BCUT2D eigenvalue weighted by molar-refractivity contribution is 8.04. The van der Waals surface area contributed by atoms with Crippen LogP contribution in [0.25, 0.3) is 0 Å². The smallest absolute Gasteiger partial charge is 0.338 e. The number of rotatable bonds is 6. The average molecular weight is 354 g/mol. The molecule has 0 radical (unpaired) electrons. The van der Waals surface area contributed by atoms with Crippen LogP contribution in [0.1, 0.15) is 10.4 Å². The summed E-state index contributed by atoms with van der Waals surface area (Å²) in [5.74, 6) is -0.703. The van der Waals surface area contributed by atoms with Gasteiger partial charge >= 0.3 is 5.97 Å². The maximum absolute atomic E-state index is 11.9. The molecular weight excluding hydrogens is 340 g/mol. The maximum atomic E-state index is 11.9. The number of carbonyl (C=O) groups is 1. The molecule has 9 nitrogen and oxygen atoms in total. The minimum Gasteiger partial charge on any atom is -0.459 e. The Morgan fingerprint density at radius 1 is 1.50 bits per heavy atom. The zero-order chi connectivity index (χ0) is 17.7. The van der Waals surface area contributed by atoms with Gasteiger partial charge in [0.2, 0.25) is 0 Å². The van der Waals surface area contributed by atoms with E-state index in [1.807, 2.05) is 5.40 Å². The van der Waals surface area contributed by atoms with Gasteiger partial charge in [0.15, 0.2) is 6.29 Å². The number of ether oxygens (including phenoxy) is 3. The Hall–Kier alpha value is -2.19. The number of nitriles is 1. The molecule has 1 saturated heterocycles. The number of hydrogen-bond donors (Lipinski definition) is 1. The van der Waals surface area contributed by atoms with Gasteiger partial charge in [-0.25, -0.2) is 4.79 Å². The van der Waals surface area contributed by atoms with Crippen molar-refractivity contribution >= 4 is 23.4 Å². The molecule has 2 rings (SSSR count). The normalized spacial score (nSPS) is 25.9. The lowest BCUT2D eigenvalue weighted by atomic mass is 10.2. The molecule has 4 atom stereocenters. The minimum absolute atomic E-state index is 0.138. The zero-order valence-electron chi connectivity index (χ0n) is 12.5. The monoisotopic (exact) mass is 354 g/mol. The summed E-state index contributed by atoms with van der Waals surface area (Å²) in [5.41, 5.74) is -0.000247. The van der Waals surface area contributed by atoms with Crippen LogP contribution in [-0.2, 0) is 14.2 Å². The second-order valence-corrected chi connectivity index (χ2v) is 5.81. The molecule has 0 spiro atoms. The van der Waals surface area contributed by atoms with E-state index in [-0.39, 0.29) is 17.9 Å². The molecule has 1 aliphatic heterocycles. The van der Waals surface area contributed by atoms with E-state index >= 15 is 0 Å². The number of non-ortho nitro benzene ring substituents is 1. The Morgan fingerprint density at radius 3 is 2.71 bits per heavy atom. The highest BCUT2D eigenvalue weighted by Crippen LogP contribution is 2.31. The molecule has 1 N–H and O–H groups in total. The molecular formula is C14H14N2O7S. The van der Waals surface area contributed by atoms with Crippen molar-refractivity contribution in [2.45, 2.75) is 23.7 Å². The standard InChI is InChI=1S/C14H14N2O7S/c1-21-14-12(24-7-15)11(17)10(23-14)6-22-13(18)8-2-4-9(5-3-8)16(19)20/h2-5,10-12,14,17H,6H2,1H3. The van der Waals surface area contributed by atoms with Gasteiger partial charge in [0.1, 0.15) is 24.2 Å². The van der Waals surface area contributed by atoms with Crippen molar-refractivity contribution in [1.82, 2.24) is 0 Å². The maximum Gasteiger partial charge on any atom is 0.338 e. The topological polar surface area (TPSA) is 132 Å². The lowest BCUT2D eigenvalue weighted by Gasteiger charge is -2.15. The molecule has 1 aromatic rings. The first kappa shape index (κ1) is 18.2. The van der Waals surface area contributed by atoms with Crippen molar-refractivity contribution < 1.29 is 29.0 Å². The van der Waals surface area contributed by atoms with E-state index in [1.165, 1.54) is 31.4 Å². The molecule has 24 heavy (non-hydrogen) atoms. The highest BCUT2D eigenvalue weighted by Gasteiger charge is 2.45. The number of nitro groups is 1. The fraction of sp³-hybridized carbons (Fsp3) is 0.429. The van der Waals surface area contributed by atoms with Gasteiger partial charge in [0.25, 0.3) is 5.69 Å². The largest absolute Gasteiger partial charge is 0.459 e. The molecule has 0 aromatic heterocycles. The molecule has 1 aliphatic rings. The van der Waals surface area contributed by atoms with Gasteiger partial charge in [-0.1, -0.05) is 0 Å². The predicted octanol–water partition coefficient (Wildman–Crippen LogP) is 1.07. The molecule has 0 saturated carbocycles. The summed E-state index contributed by atoms with van der Waals surface area (Å²) in [6, 6.07) is 4.94. The van der Waals surface area contributed by atoms with E-state index in [0.717, 1.165) is 11.8 Å². The van der Waals surface area contributed by atoms with Crippen LogP contribution in [0.5, 0.6) is 0 Å². The average Bonchev–Trinajstić information content (AvgIpc) is 2.89. The Morgan fingerprint density at radius 2 is 2.17 bits per heavy atom. The van der Waals surface area contributed by atoms with Crippen LogP contribution in [0.4, 0.5) is 5.69 Å². The van der Waals surface area contributed by atoms with Crippen LogP contribution in [0.15, 0.2) is 24.3 Å². The third-order valence-corrected chi connectivity index (χ3v) is 4.29. The molecule has 128 valence electrons. The van der Waals surface area contributed by atoms with Gasteiger partial charge in [-0.05, 0) is 23.9 Å². The van der Waals surface area contributed by atoms with Gasteiger partial charge in [0.05, 0.1) is 15.7 Å². The SMILES string of the molecule is COC1OC(COC(=O)c2ccc([N+](=O)[O-])cc2)C(O)C1SC#N. The molecule has 0 aliphatic carbocycles. The van der Waals surface area contributed by atoms with Crippen molar-refractivity contribution in [3.8, 4) is 5.40 Å². The van der Waals surface area contributed by atoms with Gasteiger partial charge in [-0.3, -0.25) is 10.1 Å². The number of benzene rings is 1.